The van der Waals surface area contributed by atoms with Crippen LogP contribution in [0.25, 0.3) is 10.6 Å². The van der Waals surface area contributed by atoms with Gasteiger partial charge in [0, 0.05) is 48.4 Å². The van der Waals surface area contributed by atoms with Crippen molar-refractivity contribution in [3.63, 3.8) is 0 Å². The summed E-state index contributed by atoms with van der Waals surface area (Å²) < 4.78 is 13.1. The van der Waals surface area contributed by atoms with Crippen LogP contribution in [0.2, 0.25) is 0 Å². The first-order valence-electron chi connectivity index (χ1n) is 9.17. The minimum absolute atomic E-state index is 0.0988. The third-order valence-corrected chi connectivity index (χ3v) is 5.79. The molecule has 1 fully saturated rings. The van der Waals surface area contributed by atoms with Gasteiger partial charge in [-0.2, -0.15) is 0 Å². The molecule has 0 unspecified atom stereocenters. The predicted molar refractivity (Wildman–Crippen MR) is 111 cm³/mol. The lowest BCUT2D eigenvalue weighted by molar-refractivity contribution is 0.0741. The maximum atomic E-state index is 13.1. The van der Waals surface area contributed by atoms with E-state index in [1.165, 1.54) is 23.5 Å². The van der Waals surface area contributed by atoms with Crippen LogP contribution in [0, 0.1) is 5.82 Å². The van der Waals surface area contributed by atoms with Gasteiger partial charge < -0.3 is 15.5 Å². The molecule has 6 nitrogen and oxygen atoms in total. The second kappa shape index (κ2) is 8.00. The van der Waals surface area contributed by atoms with E-state index in [9.17, 15) is 14.0 Å². The fourth-order valence-corrected chi connectivity index (χ4v) is 4.06. The smallest absolute Gasteiger partial charge is 0.273 e. The van der Waals surface area contributed by atoms with E-state index in [1.54, 1.807) is 34.5 Å². The van der Waals surface area contributed by atoms with Crippen LogP contribution in [0.15, 0.2) is 53.9 Å². The normalized spacial score (nSPS) is 14.1. The number of anilines is 1. The Labute approximate surface area is 171 Å². The molecular weight excluding hydrogens is 391 g/mol. The zero-order valence-electron chi connectivity index (χ0n) is 15.5. The Balaban J connectivity index is 1.39. The van der Waals surface area contributed by atoms with E-state index in [4.69, 9.17) is 5.73 Å². The maximum Gasteiger partial charge on any atom is 0.273 e. The summed E-state index contributed by atoms with van der Waals surface area (Å²) in [6.07, 6.45) is 0. The van der Waals surface area contributed by atoms with E-state index in [0.29, 0.717) is 42.4 Å². The van der Waals surface area contributed by atoms with Crippen molar-refractivity contribution >= 4 is 28.8 Å². The van der Waals surface area contributed by atoms with Gasteiger partial charge in [-0.25, -0.2) is 9.37 Å². The number of carbonyl (C=O) groups excluding carboxylic acids is 2. The first-order valence-corrected chi connectivity index (χ1v) is 10.0. The number of nitrogens with two attached hydrogens (primary N) is 1. The number of rotatable bonds is 4. The van der Waals surface area contributed by atoms with Gasteiger partial charge >= 0.3 is 0 Å². The molecule has 2 N–H and O–H groups in total. The Bertz CT molecular complexity index is 1030. The highest BCUT2D eigenvalue weighted by molar-refractivity contribution is 7.13. The highest BCUT2D eigenvalue weighted by atomic mass is 32.1. The third-order valence-electron chi connectivity index (χ3n) is 4.90. The lowest BCUT2D eigenvalue weighted by Crippen LogP contribution is -2.48. The Morgan fingerprint density at radius 1 is 0.966 bits per heavy atom. The highest BCUT2D eigenvalue weighted by Crippen LogP contribution is 2.25. The fourth-order valence-electron chi connectivity index (χ4n) is 3.26. The standard InChI is InChI=1S/C21H19FN4O2S/c22-16-5-1-15(2-6-16)20-24-18(13-29-20)21(28)26-11-9-25(10-12-26)17-7-3-14(4-8-17)19(23)27/h1-8,13H,9-12H2,(H2,23,27). The summed E-state index contributed by atoms with van der Waals surface area (Å²) in [7, 11) is 0. The molecule has 29 heavy (non-hydrogen) atoms. The Morgan fingerprint density at radius 3 is 2.24 bits per heavy atom. The van der Waals surface area contributed by atoms with Gasteiger partial charge in [0.15, 0.2) is 0 Å². The van der Waals surface area contributed by atoms with Crippen molar-refractivity contribution in [1.29, 1.82) is 0 Å². The first-order chi connectivity index (χ1) is 14.0. The molecule has 1 aliphatic rings. The van der Waals surface area contributed by atoms with Crippen molar-refractivity contribution in [2.75, 3.05) is 31.1 Å². The molecular formula is C21H19FN4O2S. The van der Waals surface area contributed by atoms with E-state index < -0.39 is 5.91 Å². The fraction of sp³-hybridized carbons (Fsp3) is 0.190. The second-order valence-corrected chi connectivity index (χ2v) is 7.59. The Kier molecular flexibility index (Phi) is 5.26. The molecule has 0 saturated carbocycles. The summed E-state index contributed by atoms with van der Waals surface area (Å²) in [6.45, 7) is 2.55. The van der Waals surface area contributed by atoms with E-state index in [1.807, 2.05) is 12.1 Å². The number of halogens is 1. The van der Waals surface area contributed by atoms with Crippen LogP contribution in [0.4, 0.5) is 10.1 Å². The quantitative estimate of drug-likeness (QED) is 0.717. The van der Waals surface area contributed by atoms with Crippen molar-refractivity contribution in [1.82, 2.24) is 9.88 Å². The molecule has 2 heterocycles. The lowest BCUT2D eigenvalue weighted by Gasteiger charge is -2.35. The average molecular weight is 410 g/mol. The van der Waals surface area contributed by atoms with Gasteiger partial charge in [0.2, 0.25) is 5.91 Å². The Hall–Kier alpha value is -3.26. The molecule has 1 aromatic heterocycles. The largest absolute Gasteiger partial charge is 0.368 e. The van der Waals surface area contributed by atoms with Gasteiger partial charge in [0.1, 0.15) is 16.5 Å². The molecule has 8 heteroatoms. The molecule has 3 aromatic rings. The van der Waals surface area contributed by atoms with Gasteiger partial charge in [-0.15, -0.1) is 11.3 Å². The monoisotopic (exact) mass is 410 g/mol. The van der Waals surface area contributed by atoms with Crippen LogP contribution in [0.5, 0.6) is 0 Å². The van der Waals surface area contributed by atoms with Crippen molar-refractivity contribution in [3.8, 4) is 10.6 Å². The van der Waals surface area contributed by atoms with Gasteiger partial charge in [0.25, 0.3) is 5.91 Å². The van der Waals surface area contributed by atoms with E-state index in [2.05, 4.69) is 9.88 Å². The number of thiazole rings is 1. The Morgan fingerprint density at radius 2 is 1.62 bits per heavy atom. The van der Waals surface area contributed by atoms with Crippen LogP contribution in [-0.4, -0.2) is 47.9 Å². The molecule has 148 valence electrons. The molecule has 2 amide bonds. The summed E-state index contributed by atoms with van der Waals surface area (Å²) in [5, 5.41) is 2.44. The number of nitrogens with zero attached hydrogens (tertiary/aromatic N) is 3. The van der Waals surface area contributed by atoms with Crippen molar-refractivity contribution < 1.29 is 14.0 Å². The number of amides is 2. The molecule has 0 spiro atoms. The van der Waals surface area contributed by atoms with Crippen LogP contribution >= 0.6 is 11.3 Å². The summed E-state index contributed by atoms with van der Waals surface area (Å²) >= 11 is 1.37. The summed E-state index contributed by atoms with van der Waals surface area (Å²) in [6, 6.07) is 13.2. The van der Waals surface area contributed by atoms with Gasteiger partial charge in [-0.05, 0) is 48.5 Å². The van der Waals surface area contributed by atoms with Crippen LogP contribution in [0.1, 0.15) is 20.8 Å². The molecule has 2 aromatic carbocycles. The number of benzene rings is 2. The van der Waals surface area contributed by atoms with Gasteiger partial charge in [-0.3, -0.25) is 9.59 Å². The summed E-state index contributed by atoms with van der Waals surface area (Å²) in [5.41, 5.74) is 7.95. The zero-order valence-corrected chi connectivity index (χ0v) is 16.4. The molecule has 1 aliphatic heterocycles. The predicted octanol–water partition coefficient (Wildman–Crippen LogP) is 3.01. The lowest BCUT2D eigenvalue weighted by atomic mass is 10.1. The number of hydrogen-bond acceptors (Lipinski definition) is 5. The zero-order chi connectivity index (χ0) is 20.4. The SMILES string of the molecule is NC(=O)c1ccc(N2CCN(C(=O)c3csc(-c4ccc(F)cc4)n3)CC2)cc1. The minimum atomic E-state index is -0.449. The number of piperazine rings is 1. The number of aromatic nitrogens is 1. The molecule has 0 bridgehead atoms. The average Bonchev–Trinajstić information content (AvgIpc) is 3.24. The van der Waals surface area contributed by atoms with E-state index in [-0.39, 0.29) is 11.7 Å². The molecule has 0 aliphatic carbocycles. The topological polar surface area (TPSA) is 79.5 Å². The summed E-state index contributed by atoms with van der Waals surface area (Å²) in [5.74, 6) is -0.850. The van der Waals surface area contributed by atoms with Gasteiger partial charge in [-0.1, -0.05) is 0 Å². The number of carbonyl (C=O) groups is 2. The molecule has 1 saturated heterocycles. The van der Waals surface area contributed by atoms with Crippen molar-refractivity contribution in [2.24, 2.45) is 5.73 Å². The number of hydrogen-bond donors (Lipinski definition) is 1. The van der Waals surface area contributed by atoms with E-state index >= 15 is 0 Å². The number of primary amides is 1. The minimum Gasteiger partial charge on any atom is -0.368 e. The molecule has 0 atom stereocenters. The molecule has 4 rings (SSSR count). The van der Waals surface area contributed by atoms with Crippen molar-refractivity contribution in [2.45, 2.75) is 0 Å². The van der Waals surface area contributed by atoms with Crippen LogP contribution in [-0.2, 0) is 0 Å². The van der Waals surface area contributed by atoms with Crippen LogP contribution < -0.4 is 10.6 Å². The van der Waals surface area contributed by atoms with Gasteiger partial charge in [0.05, 0.1) is 0 Å². The van der Waals surface area contributed by atoms with Crippen LogP contribution in [0.3, 0.4) is 0 Å². The highest BCUT2D eigenvalue weighted by Gasteiger charge is 2.24. The van der Waals surface area contributed by atoms with Crippen molar-refractivity contribution in [3.05, 3.63) is 71.0 Å². The second-order valence-electron chi connectivity index (χ2n) is 6.74. The first kappa shape index (κ1) is 19.1. The third kappa shape index (κ3) is 4.12. The molecule has 0 radical (unpaired) electrons. The summed E-state index contributed by atoms with van der Waals surface area (Å²) in [4.78, 5) is 32.4. The maximum absolute atomic E-state index is 13.1. The van der Waals surface area contributed by atoms with E-state index in [0.717, 1.165) is 11.3 Å².